The van der Waals surface area contributed by atoms with Gasteiger partial charge in [-0.25, -0.2) is 4.98 Å². The molecule has 4 nitrogen and oxygen atoms in total. The van der Waals surface area contributed by atoms with Crippen molar-refractivity contribution in [3.05, 3.63) is 47.5 Å². The second-order valence-corrected chi connectivity index (χ2v) is 5.15. The Balaban J connectivity index is 2.28. The number of benzene rings is 2. The molecule has 2 N–H and O–H groups in total. The van der Waals surface area contributed by atoms with E-state index in [2.05, 4.69) is 37.0 Å². The van der Waals surface area contributed by atoms with E-state index in [1.54, 1.807) is 0 Å². The van der Waals surface area contributed by atoms with Crippen molar-refractivity contribution < 1.29 is 4.74 Å². The molecule has 1 heterocycles. The van der Waals surface area contributed by atoms with Gasteiger partial charge in [-0.15, -0.1) is 0 Å². The molecule has 0 aliphatic carbocycles. The first-order chi connectivity index (χ1) is 10.1. The third-order valence-corrected chi connectivity index (χ3v) is 3.57. The van der Waals surface area contributed by atoms with Crippen molar-refractivity contribution >= 4 is 17.0 Å². The minimum Gasteiger partial charge on any atom is -0.492 e. The maximum Gasteiger partial charge on any atom is 0.206 e. The van der Waals surface area contributed by atoms with Crippen molar-refractivity contribution in [3.63, 3.8) is 0 Å². The molecule has 0 bridgehead atoms. The number of hydrogen-bond donors (Lipinski definition) is 1. The van der Waals surface area contributed by atoms with Crippen molar-refractivity contribution in [2.45, 2.75) is 20.8 Å². The van der Waals surface area contributed by atoms with Gasteiger partial charge in [0.05, 0.1) is 17.8 Å². The zero-order valence-corrected chi connectivity index (χ0v) is 12.6. The van der Waals surface area contributed by atoms with E-state index in [4.69, 9.17) is 10.5 Å². The Morgan fingerprint density at radius 2 is 2.00 bits per heavy atom. The summed E-state index contributed by atoms with van der Waals surface area (Å²) in [5, 5.41) is 0. The minimum atomic E-state index is 0.476. The first-order valence-corrected chi connectivity index (χ1v) is 7.09. The van der Waals surface area contributed by atoms with Crippen LogP contribution in [0.15, 0.2) is 36.4 Å². The Labute approximate surface area is 124 Å². The van der Waals surface area contributed by atoms with E-state index < -0.39 is 0 Å². The predicted molar refractivity (Wildman–Crippen MR) is 86.1 cm³/mol. The molecular formula is C17H19N3O. The highest BCUT2D eigenvalue weighted by molar-refractivity contribution is 5.86. The maximum atomic E-state index is 6.15. The van der Waals surface area contributed by atoms with Crippen molar-refractivity contribution in [3.8, 4) is 11.4 Å². The number of imidazole rings is 1. The van der Waals surface area contributed by atoms with E-state index >= 15 is 0 Å². The van der Waals surface area contributed by atoms with Gasteiger partial charge in [0.1, 0.15) is 11.3 Å². The summed E-state index contributed by atoms with van der Waals surface area (Å²) in [6, 6.07) is 12.2. The summed E-state index contributed by atoms with van der Waals surface area (Å²) in [6.45, 7) is 6.73. The highest BCUT2D eigenvalue weighted by atomic mass is 16.5. The average Bonchev–Trinajstić information content (AvgIpc) is 2.77. The van der Waals surface area contributed by atoms with E-state index in [0.29, 0.717) is 12.6 Å². The van der Waals surface area contributed by atoms with Gasteiger partial charge >= 0.3 is 0 Å². The fraction of sp³-hybridized carbons (Fsp3) is 0.235. The topological polar surface area (TPSA) is 53.1 Å². The number of nitrogen functional groups attached to an aromatic ring is 1. The van der Waals surface area contributed by atoms with Crippen LogP contribution in [0.5, 0.6) is 5.75 Å². The van der Waals surface area contributed by atoms with Gasteiger partial charge in [-0.2, -0.15) is 0 Å². The highest BCUT2D eigenvalue weighted by Crippen LogP contribution is 2.30. The lowest BCUT2D eigenvalue weighted by atomic mass is 10.1. The summed E-state index contributed by atoms with van der Waals surface area (Å²) >= 11 is 0. The van der Waals surface area contributed by atoms with E-state index in [1.807, 2.05) is 29.7 Å². The van der Waals surface area contributed by atoms with Gasteiger partial charge in [-0.3, -0.25) is 4.57 Å². The summed E-state index contributed by atoms with van der Waals surface area (Å²) in [4.78, 5) is 4.49. The molecule has 1 aromatic heterocycles. The Kier molecular flexibility index (Phi) is 3.29. The molecular weight excluding hydrogens is 262 g/mol. The number of nitrogens with two attached hydrogens (primary N) is 1. The zero-order valence-electron chi connectivity index (χ0n) is 12.6. The fourth-order valence-corrected chi connectivity index (χ4v) is 2.67. The van der Waals surface area contributed by atoms with E-state index in [1.165, 1.54) is 11.1 Å². The van der Waals surface area contributed by atoms with Crippen LogP contribution in [0.2, 0.25) is 0 Å². The molecule has 2 aromatic carbocycles. The van der Waals surface area contributed by atoms with Gasteiger partial charge < -0.3 is 10.5 Å². The number of aryl methyl sites for hydroxylation is 2. The maximum absolute atomic E-state index is 6.15. The number of nitrogens with zero attached hydrogens (tertiary/aromatic N) is 2. The monoisotopic (exact) mass is 281 g/mol. The van der Waals surface area contributed by atoms with Crippen LogP contribution in [0.1, 0.15) is 18.1 Å². The van der Waals surface area contributed by atoms with Crippen LogP contribution in [0.4, 0.5) is 5.95 Å². The van der Waals surface area contributed by atoms with Gasteiger partial charge in [-0.05, 0) is 44.5 Å². The lowest BCUT2D eigenvalue weighted by molar-refractivity contribution is 0.344. The van der Waals surface area contributed by atoms with Crippen LogP contribution in [0, 0.1) is 13.8 Å². The van der Waals surface area contributed by atoms with Crippen LogP contribution in [0.3, 0.4) is 0 Å². The average molecular weight is 281 g/mol. The van der Waals surface area contributed by atoms with E-state index in [9.17, 15) is 0 Å². The molecule has 0 aliphatic heterocycles. The summed E-state index contributed by atoms with van der Waals surface area (Å²) < 4.78 is 7.62. The van der Waals surface area contributed by atoms with Gasteiger partial charge in [0, 0.05) is 0 Å². The van der Waals surface area contributed by atoms with Gasteiger partial charge in [0.25, 0.3) is 0 Å². The lowest BCUT2D eigenvalue weighted by Gasteiger charge is -2.11. The molecule has 0 radical (unpaired) electrons. The molecule has 0 saturated carbocycles. The minimum absolute atomic E-state index is 0.476. The molecule has 0 aliphatic rings. The number of anilines is 1. The second-order valence-electron chi connectivity index (χ2n) is 5.15. The second kappa shape index (κ2) is 5.13. The number of hydrogen-bond acceptors (Lipinski definition) is 3. The molecule has 21 heavy (non-hydrogen) atoms. The van der Waals surface area contributed by atoms with Crippen LogP contribution >= 0.6 is 0 Å². The summed E-state index contributed by atoms with van der Waals surface area (Å²) in [7, 11) is 0. The van der Waals surface area contributed by atoms with Crippen LogP contribution < -0.4 is 10.5 Å². The quantitative estimate of drug-likeness (QED) is 0.797. The molecule has 3 rings (SSSR count). The molecule has 108 valence electrons. The zero-order chi connectivity index (χ0) is 15.0. The molecule has 0 amide bonds. The molecule has 3 aromatic rings. The van der Waals surface area contributed by atoms with Crippen molar-refractivity contribution in [1.82, 2.24) is 9.55 Å². The van der Waals surface area contributed by atoms with Gasteiger partial charge in [0.2, 0.25) is 5.95 Å². The van der Waals surface area contributed by atoms with Crippen LogP contribution in [-0.4, -0.2) is 16.2 Å². The number of ether oxygens (including phenoxy) is 1. The third kappa shape index (κ3) is 2.23. The summed E-state index contributed by atoms with van der Waals surface area (Å²) in [5.74, 6) is 1.24. The summed E-state index contributed by atoms with van der Waals surface area (Å²) in [6.07, 6.45) is 0. The van der Waals surface area contributed by atoms with Crippen molar-refractivity contribution in [2.75, 3.05) is 12.3 Å². The molecule has 0 atom stereocenters. The predicted octanol–water partition coefficient (Wildman–Crippen LogP) is 3.62. The van der Waals surface area contributed by atoms with E-state index in [0.717, 1.165) is 22.5 Å². The molecule has 0 fully saturated rings. The van der Waals surface area contributed by atoms with E-state index in [-0.39, 0.29) is 0 Å². The van der Waals surface area contributed by atoms with Gasteiger partial charge in [0.15, 0.2) is 0 Å². The number of fused-ring (bicyclic) bond motifs is 1. The highest BCUT2D eigenvalue weighted by Gasteiger charge is 2.14. The lowest BCUT2D eigenvalue weighted by Crippen LogP contribution is -2.02. The standard InChI is InChI=1S/C17H19N3O/c1-4-21-15-7-5-6-14-16(15)19-17(18)20(14)13-9-8-11(2)10-12(13)3/h5-10H,4H2,1-3H3,(H2,18,19). The fourth-order valence-electron chi connectivity index (χ4n) is 2.67. The number of aromatic nitrogens is 2. The Morgan fingerprint density at radius 3 is 2.71 bits per heavy atom. The molecule has 0 spiro atoms. The Bertz CT molecular complexity index is 805. The first kappa shape index (κ1) is 13.5. The molecule has 4 heteroatoms. The third-order valence-electron chi connectivity index (χ3n) is 3.57. The Morgan fingerprint density at radius 1 is 1.19 bits per heavy atom. The Hall–Kier alpha value is -2.49. The first-order valence-electron chi connectivity index (χ1n) is 7.09. The smallest absolute Gasteiger partial charge is 0.206 e. The van der Waals surface area contributed by atoms with Crippen molar-refractivity contribution in [1.29, 1.82) is 0 Å². The van der Waals surface area contributed by atoms with Crippen LogP contribution in [-0.2, 0) is 0 Å². The molecule has 0 unspecified atom stereocenters. The van der Waals surface area contributed by atoms with Gasteiger partial charge in [-0.1, -0.05) is 23.8 Å². The SMILES string of the molecule is CCOc1cccc2c1nc(N)n2-c1ccc(C)cc1C. The molecule has 0 saturated heterocycles. The largest absolute Gasteiger partial charge is 0.492 e. The summed E-state index contributed by atoms with van der Waals surface area (Å²) in [5.41, 5.74) is 11.4. The van der Waals surface area contributed by atoms with Crippen molar-refractivity contribution in [2.24, 2.45) is 0 Å². The normalized spacial score (nSPS) is 11.0. The van der Waals surface area contributed by atoms with Crippen LogP contribution in [0.25, 0.3) is 16.7 Å². The number of para-hydroxylation sites is 1. The number of rotatable bonds is 3.